The number of hydrogen-bond donors (Lipinski definition) is 1. The van der Waals surface area contributed by atoms with Crippen LogP contribution in [0.5, 0.6) is 0 Å². The number of hydrogen-bond acceptors (Lipinski definition) is 5. The smallest absolute Gasteiger partial charge is 0.212 e. The molecule has 6 nitrogen and oxygen atoms in total. The van der Waals surface area contributed by atoms with Crippen molar-refractivity contribution in [2.45, 2.75) is 33.2 Å². The molecule has 0 saturated carbocycles. The van der Waals surface area contributed by atoms with Crippen molar-refractivity contribution >= 4 is 15.8 Å². The van der Waals surface area contributed by atoms with Gasteiger partial charge in [-0.1, -0.05) is 13.3 Å². The minimum absolute atomic E-state index is 0.133. The van der Waals surface area contributed by atoms with Crippen LogP contribution >= 0.6 is 0 Å². The molecule has 1 aromatic heterocycles. The lowest BCUT2D eigenvalue weighted by molar-refractivity contribution is 0.575. The summed E-state index contributed by atoms with van der Waals surface area (Å²) in [5.41, 5.74) is 0.821. The van der Waals surface area contributed by atoms with Crippen LogP contribution < -0.4 is 9.62 Å². The zero-order valence-corrected chi connectivity index (χ0v) is 12.8. The summed E-state index contributed by atoms with van der Waals surface area (Å²) in [6, 6.07) is 1.86. The maximum atomic E-state index is 11.7. The fourth-order valence-corrected chi connectivity index (χ4v) is 2.66. The molecule has 1 N–H and O–H groups in total. The molecule has 0 aliphatic rings. The van der Waals surface area contributed by atoms with Crippen molar-refractivity contribution in [2.24, 2.45) is 0 Å². The van der Waals surface area contributed by atoms with Crippen LogP contribution in [-0.4, -0.2) is 38.2 Å². The minimum atomic E-state index is -3.23. The van der Waals surface area contributed by atoms with Crippen molar-refractivity contribution in [2.75, 3.05) is 24.7 Å². The lowest BCUT2D eigenvalue weighted by Crippen LogP contribution is -2.27. The van der Waals surface area contributed by atoms with Crippen LogP contribution in [-0.2, 0) is 16.6 Å². The second-order valence-electron chi connectivity index (χ2n) is 4.67. The van der Waals surface area contributed by atoms with Gasteiger partial charge in [-0.05, 0) is 13.3 Å². The first kappa shape index (κ1) is 15.8. The molecule has 1 heterocycles. The van der Waals surface area contributed by atoms with Crippen LogP contribution in [0.1, 0.15) is 31.3 Å². The largest absolute Gasteiger partial charge is 0.363 e. The molecule has 0 amide bonds. The number of aryl methyl sites for hydroxylation is 1. The fourth-order valence-electron chi connectivity index (χ4n) is 1.50. The van der Waals surface area contributed by atoms with Gasteiger partial charge in [0.05, 0.1) is 12.3 Å². The highest BCUT2D eigenvalue weighted by atomic mass is 32.2. The summed E-state index contributed by atoms with van der Waals surface area (Å²) in [6.45, 7) is 3.96. The molecule has 19 heavy (non-hydrogen) atoms. The molecule has 0 spiro atoms. The van der Waals surface area contributed by atoms with Gasteiger partial charge in [-0.15, -0.1) is 0 Å². The third-order valence-electron chi connectivity index (χ3n) is 2.56. The SMILES string of the molecule is CCCCS(=O)(=O)NCc1nc(C)cc(N(C)C)n1. The van der Waals surface area contributed by atoms with E-state index >= 15 is 0 Å². The monoisotopic (exact) mass is 286 g/mol. The molecule has 1 aromatic rings. The average molecular weight is 286 g/mol. The van der Waals surface area contributed by atoms with E-state index in [4.69, 9.17) is 0 Å². The number of aromatic nitrogens is 2. The Morgan fingerprint density at radius 2 is 2.00 bits per heavy atom. The summed E-state index contributed by atoms with van der Waals surface area (Å²) >= 11 is 0. The predicted octanol–water partition coefficient (Wildman–Crippen LogP) is 1.07. The molecular weight excluding hydrogens is 264 g/mol. The molecule has 0 aromatic carbocycles. The molecule has 0 radical (unpaired) electrons. The molecule has 0 unspecified atom stereocenters. The first-order valence-corrected chi connectivity index (χ1v) is 7.98. The van der Waals surface area contributed by atoms with Crippen molar-refractivity contribution in [1.29, 1.82) is 0 Å². The normalized spacial score (nSPS) is 11.6. The van der Waals surface area contributed by atoms with Crippen LogP contribution in [0.15, 0.2) is 6.07 Å². The molecule has 0 aliphatic carbocycles. The summed E-state index contributed by atoms with van der Waals surface area (Å²) in [5, 5.41) is 0. The number of sulfonamides is 1. The summed E-state index contributed by atoms with van der Waals surface area (Å²) < 4.78 is 25.9. The molecule has 0 atom stereocenters. The molecule has 7 heteroatoms. The number of unbranched alkanes of at least 4 members (excludes halogenated alkanes) is 1. The van der Waals surface area contributed by atoms with E-state index < -0.39 is 10.0 Å². The Balaban J connectivity index is 2.72. The zero-order chi connectivity index (χ0) is 14.5. The van der Waals surface area contributed by atoms with Crippen molar-refractivity contribution in [3.8, 4) is 0 Å². The van der Waals surface area contributed by atoms with Crippen molar-refractivity contribution in [3.63, 3.8) is 0 Å². The zero-order valence-electron chi connectivity index (χ0n) is 12.0. The van der Waals surface area contributed by atoms with E-state index in [1.165, 1.54) is 0 Å². The molecule has 1 rings (SSSR count). The van der Waals surface area contributed by atoms with Gasteiger partial charge in [0, 0.05) is 25.9 Å². The third-order valence-corrected chi connectivity index (χ3v) is 3.97. The predicted molar refractivity (Wildman–Crippen MR) is 76.6 cm³/mol. The Hall–Kier alpha value is -1.21. The summed E-state index contributed by atoms with van der Waals surface area (Å²) in [4.78, 5) is 10.4. The van der Waals surface area contributed by atoms with Gasteiger partial charge in [0.2, 0.25) is 10.0 Å². The lowest BCUT2D eigenvalue weighted by atomic mass is 10.4. The van der Waals surface area contributed by atoms with Gasteiger partial charge < -0.3 is 4.90 Å². The lowest BCUT2D eigenvalue weighted by Gasteiger charge is -2.13. The molecule has 0 fully saturated rings. The van der Waals surface area contributed by atoms with Gasteiger partial charge in [0.25, 0.3) is 0 Å². The first-order chi connectivity index (χ1) is 8.84. The van der Waals surface area contributed by atoms with Crippen LogP contribution in [0.2, 0.25) is 0 Å². The van der Waals surface area contributed by atoms with Crippen LogP contribution in [0.4, 0.5) is 5.82 Å². The van der Waals surface area contributed by atoms with E-state index in [0.717, 1.165) is 17.9 Å². The molecule has 0 aliphatic heterocycles. The number of nitrogens with one attached hydrogen (secondary N) is 1. The Morgan fingerprint density at radius 3 is 2.58 bits per heavy atom. The van der Waals surface area contributed by atoms with Crippen molar-refractivity contribution in [3.05, 3.63) is 17.6 Å². The van der Waals surface area contributed by atoms with E-state index in [-0.39, 0.29) is 12.3 Å². The summed E-state index contributed by atoms with van der Waals surface area (Å²) in [6.07, 6.45) is 1.51. The van der Waals surface area contributed by atoms with Gasteiger partial charge in [-0.2, -0.15) is 0 Å². The van der Waals surface area contributed by atoms with Crippen molar-refractivity contribution < 1.29 is 8.42 Å². The van der Waals surface area contributed by atoms with Gasteiger partial charge in [-0.3, -0.25) is 0 Å². The Kier molecular flexibility index (Phi) is 5.68. The highest BCUT2D eigenvalue weighted by Gasteiger charge is 2.11. The van der Waals surface area contributed by atoms with E-state index in [1.54, 1.807) is 0 Å². The topological polar surface area (TPSA) is 75.2 Å². The number of anilines is 1. The number of nitrogens with zero attached hydrogens (tertiary/aromatic N) is 3. The minimum Gasteiger partial charge on any atom is -0.363 e. The number of rotatable bonds is 7. The van der Waals surface area contributed by atoms with E-state index in [2.05, 4.69) is 14.7 Å². The Bertz CT molecular complexity index is 514. The second kappa shape index (κ2) is 6.81. The van der Waals surface area contributed by atoms with Gasteiger partial charge >= 0.3 is 0 Å². The third kappa shape index (κ3) is 5.52. The second-order valence-corrected chi connectivity index (χ2v) is 6.60. The van der Waals surface area contributed by atoms with Crippen LogP contribution in [0.3, 0.4) is 0 Å². The molecule has 0 bridgehead atoms. The Morgan fingerprint density at radius 1 is 1.32 bits per heavy atom. The van der Waals surface area contributed by atoms with Crippen LogP contribution in [0, 0.1) is 6.92 Å². The molecular formula is C12H22N4O2S. The van der Waals surface area contributed by atoms with Crippen molar-refractivity contribution in [1.82, 2.24) is 14.7 Å². The maximum absolute atomic E-state index is 11.7. The summed E-state index contributed by atoms with van der Waals surface area (Å²) in [7, 11) is 0.540. The Labute approximate surface area is 115 Å². The van der Waals surface area contributed by atoms with E-state index in [9.17, 15) is 8.42 Å². The quantitative estimate of drug-likeness (QED) is 0.811. The van der Waals surface area contributed by atoms with Gasteiger partial charge in [0.15, 0.2) is 0 Å². The highest BCUT2D eigenvalue weighted by Crippen LogP contribution is 2.09. The molecule has 108 valence electrons. The highest BCUT2D eigenvalue weighted by molar-refractivity contribution is 7.89. The molecule has 0 saturated heterocycles. The summed E-state index contributed by atoms with van der Waals surface area (Å²) in [5.74, 6) is 1.41. The van der Waals surface area contributed by atoms with Gasteiger partial charge in [-0.25, -0.2) is 23.1 Å². The standard InChI is InChI=1S/C12H22N4O2S/c1-5-6-7-19(17,18)13-9-11-14-10(2)8-12(15-11)16(3)4/h8,13H,5-7,9H2,1-4H3. The average Bonchev–Trinajstić information content (AvgIpc) is 2.33. The van der Waals surface area contributed by atoms with E-state index in [1.807, 2.05) is 38.9 Å². The maximum Gasteiger partial charge on any atom is 0.212 e. The van der Waals surface area contributed by atoms with Gasteiger partial charge in [0.1, 0.15) is 11.6 Å². The fraction of sp³-hybridized carbons (Fsp3) is 0.667. The first-order valence-electron chi connectivity index (χ1n) is 6.33. The van der Waals surface area contributed by atoms with E-state index in [0.29, 0.717) is 12.2 Å². The van der Waals surface area contributed by atoms with Crippen LogP contribution in [0.25, 0.3) is 0 Å².